The largest absolute Gasteiger partial charge is 0.433 e. The number of hydrogen-bond acceptors (Lipinski definition) is 4. The van der Waals surface area contributed by atoms with Gasteiger partial charge in [-0.15, -0.1) is 0 Å². The summed E-state index contributed by atoms with van der Waals surface area (Å²) in [7, 11) is 0. The van der Waals surface area contributed by atoms with E-state index in [1.807, 2.05) is 12.1 Å². The molecule has 0 radical (unpaired) electrons. The number of nitrogens with zero attached hydrogens (tertiary/aromatic N) is 2. The third kappa shape index (κ3) is 2.96. The zero-order valence-corrected chi connectivity index (χ0v) is 12.6. The second-order valence-electron chi connectivity index (χ2n) is 3.27. The number of halogens is 2. The van der Waals surface area contributed by atoms with Crippen molar-refractivity contribution in [2.75, 3.05) is 0 Å². The van der Waals surface area contributed by atoms with Crippen LogP contribution in [0.25, 0.3) is 0 Å². The van der Waals surface area contributed by atoms with Crippen molar-refractivity contribution < 1.29 is 9.66 Å². The van der Waals surface area contributed by atoms with E-state index in [4.69, 9.17) is 4.74 Å². The average molecular weight is 421 g/mol. The van der Waals surface area contributed by atoms with E-state index in [9.17, 15) is 10.1 Å². The fourth-order valence-electron chi connectivity index (χ4n) is 1.26. The fraction of sp³-hybridized carbons (Fsp3) is 0. The molecule has 7 heteroatoms. The molecule has 92 valence electrons. The normalized spacial score (nSPS) is 10.1. The number of ether oxygens (including phenoxy) is 1. The lowest BCUT2D eigenvalue weighted by molar-refractivity contribution is -0.386. The zero-order valence-electron chi connectivity index (χ0n) is 8.84. The Bertz CT molecular complexity index is 607. The van der Waals surface area contributed by atoms with Gasteiger partial charge in [-0.1, -0.05) is 12.1 Å². The molecule has 5 nitrogen and oxygen atoms in total. The topological polar surface area (TPSA) is 65.3 Å². The molecule has 0 unspecified atom stereocenters. The minimum absolute atomic E-state index is 0.0210. The molecular formula is C11H6BrIN2O3. The Labute approximate surface area is 125 Å². The van der Waals surface area contributed by atoms with E-state index in [0.717, 1.165) is 3.57 Å². The van der Waals surface area contributed by atoms with Crippen molar-refractivity contribution in [3.63, 3.8) is 0 Å². The van der Waals surface area contributed by atoms with Crippen LogP contribution in [-0.2, 0) is 0 Å². The zero-order chi connectivity index (χ0) is 13.1. The van der Waals surface area contributed by atoms with E-state index in [1.54, 1.807) is 12.1 Å². The molecule has 0 atom stereocenters. The summed E-state index contributed by atoms with van der Waals surface area (Å²) >= 11 is 5.23. The van der Waals surface area contributed by atoms with E-state index >= 15 is 0 Å². The molecule has 1 aromatic heterocycles. The molecule has 0 spiro atoms. The summed E-state index contributed by atoms with van der Waals surface area (Å²) in [6.07, 6.45) is 1.46. The molecule has 0 aliphatic rings. The lowest BCUT2D eigenvalue weighted by Crippen LogP contribution is -1.96. The van der Waals surface area contributed by atoms with Crippen LogP contribution in [0.3, 0.4) is 0 Å². The predicted molar refractivity (Wildman–Crippen MR) is 77.8 cm³/mol. The van der Waals surface area contributed by atoms with Crippen molar-refractivity contribution in [1.29, 1.82) is 0 Å². The second-order valence-corrected chi connectivity index (χ2v) is 5.35. The maximum atomic E-state index is 10.9. The van der Waals surface area contributed by atoms with Gasteiger partial charge >= 0.3 is 5.69 Å². The van der Waals surface area contributed by atoms with Gasteiger partial charge in [0.05, 0.1) is 8.49 Å². The van der Waals surface area contributed by atoms with E-state index in [0.29, 0.717) is 10.2 Å². The minimum atomic E-state index is -0.525. The summed E-state index contributed by atoms with van der Waals surface area (Å²) in [6.45, 7) is 0. The molecule has 0 aliphatic heterocycles. The molecule has 2 rings (SSSR count). The monoisotopic (exact) mass is 420 g/mol. The molecule has 0 bridgehead atoms. The van der Waals surface area contributed by atoms with Gasteiger partial charge in [-0.25, -0.2) is 4.98 Å². The molecule has 18 heavy (non-hydrogen) atoms. The van der Waals surface area contributed by atoms with Crippen LogP contribution in [0.15, 0.2) is 41.0 Å². The van der Waals surface area contributed by atoms with E-state index in [-0.39, 0.29) is 11.6 Å². The van der Waals surface area contributed by atoms with Crippen LogP contribution in [-0.4, -0.2) is 9.91 Å². The molecule has 0 amide bonds. The fourth-order valence-corrected chi connectivity index (χ4v) is 2.07. The Morgan fingerprint density at radius 1 is 1.39 bits per heavy atom. The van der Waals surface area contributed by atoms with Gasteiger partial charge in [0, 0.05) is 16.7 Å². The first kappa shape index (κ1) is 13.2. The third-order valence-electron chi connectivity index (χ3n) is 2.04. The lowest BCUT2D eigenvalue weighted by atomic mass is 10.3. The summed E-state index contributed by atoms with van der Waals surface area (Å²) in [4.78, 5) is 14.3. The van der Waals surface area contributed by atoms with Gasteiger partial charge in [0.25, 0.3) is 5.88 Å². The Hall–Kier alpha value is -1.22. The highest BCUT2D eigenvalue weighted by molar-refractivity contribution is 14.1. The van der Waals surface area contributed by atoms with Crippen LogP contribution in [0.1, 0.15) is 0 Å². The summed E-state index contributed by atoms with van der Waals surface area (Å²) < 4.78 is 6.86. The standard InChI is InChI=1S/C11H6BrIN2O3/c12-7-5-9(15(16)17)11(14-6-7)18-10-4-2-1-3-8(10)13/h1-6H. The van der Waals surface area contributed by atoms with Crippen molar-refractivity contribution in [2.45, 2.75) is 0 Å². The van der Waals surface area contributed by atoms with E-state index < -0.39 is 4.92 Å². The highest BCUT2D eigenvalue weighted by Gasteiger charge is 2.18. The highest BCUT2D eigenvalue weighted by Crippen LogP contribution is 2.32. The Morgan fingerprint density at radius 3 is 2.78 bits per heavy atom. The number of rotatable bonds is 3. The summed E-state index contributed by atoms with van der Waals surface area (Å²) in [5.74, 6) is 0.517. The van der Waals surface area contributed by atoms with Gasteiger partial charge in [0.15, 0.2) is 0 Å². The van der Waals surface area contributed by atoms with Gasteiger partial charge in [-0.2, -0.15) is 0 Å². The second kappa shape index (κ2) is 5.61. The molecule has 0 fully saturated rings. The van der Waals surface area contributed by atoms with Crippen LogP contribution in [0.5, 0.6) is 11.6 Å². The first-order valence-corrected chi connectivity index (χ1v) is 6.67. The molecule has 2 aromatic rings. The molecule has 0 saturated carbocycles. The number of para-hydroxylation sites is 1. The van der Waals surface area contributed by atoms with Crippen LogP contribution < -0.4 is 4.74 Å². The molecule has 0 saturated heterocycles. The van der Waals surface area contributed by atoms with Crippen LogP contribution in [0.4, 0.5) is 5.69 Å². The van der Waals surface area contributed by atoms with E-state index in [2.05, 4.69) is 43.5 Å². The predicted octanol–water partition coefficient (Wildman–Crippen LogP) is 4.15. The van der Waals surface area contributed by atoms with Crippen LogP contribution >= 0.6 is 38.5 Å². The lowest BCUT2D eigenvalue weighted by Gasteiger charge is -2.06. The number of aromatic nitrogens is 1. The van der Waals surface area contributed by atoms with Crippen molar-refractivity contribution in [3.8, 4) is 11.6 Å². The number of benzene rings is 1. The van der Waals surface area contributed by atoms with Gasteiger partial charge in [-0.3, -0.25) is 10.1 Å². The number of nitro groups is 1. The van der Waals surface area contributed by atoms with Crippen LogP contribution in [0, 0.1) is 13.7 Å². The smallest absolute Gasteiger partial charge is 0.332 e. The Balaban J connectivity index is 2.41. The first-order chi connectivity index (χ1) is 8.58. The summed E-state index contributed by atoms with van der Waals surface area (Å²) in [5.41, 5.74) is -0.177. The minimum Gasteiger partial charge on any atom is -0.433 e. The Morgan fingerprint density at radius 2 is 2.11 bits per heavy atom. The summed E-state index contributed by atoms with van der Waals surface area (Å²) in [5, 5.41) is 10.9. The average Bonchev–Trinajstić information content (AvgIpc) is 2.34. The van der Waals surface area contributed by atoms with Crippen molar-refractivity contribution in [1.82, 2.24) is 4.98 Å². The molecule has 1 heterocycles. The highest BCUT2D eigenvalue weighted by atomic mass is 127. The molecule has 0 aliphatic carbocycles. The third-order valence-corrected chi connectivity index (χ3v) is 3.36. The molecule has 1 aromatic carbocycles. The Kier molecular flexibility index (Phi) is 4.12. The molecule has 0 N–H and O–H groups in total. The van der Waals surface area contributed by atoms with Crippen molar-refractivity contribution >= 4 is 44.2 Å². The maximum Gasteiger partial charge on any atom is 0.332 e. The van der Waals surface area contributed by atoms with Gasteiger partial charge in [0.2, 0.25) is 0 Å². The van der Waals surface area contributed by atoms with Crippen molar-refractivity contribution in [3.05, 3.63) is 54.7 Å². The van der Waals surface area contributed by atoms with E-state index in [1.165, 1.54) is 12.3 Å². The molecular weight excluding hydrogens is 415 g/mol. The quantitative estimate of drug-likeness (QED) is 0.425. The van der Waals surface area contributed by atoms with Crippen molar-refractivity contribution in [2.24, 2.45) is 0 Å². The summed E-state index contributed by atoms with van der Waals surface area (Å²) in [6, 6.07) is 8.59. The first-order valence-electron chi connectivity index (χ1n) is 4.80. The van der Waals surface area contributed by atoms with Gasteiger partial charge in [0.1, 0.15) is 5.75 Å². The number of pyridine rings is 1. The van der Waals surface area contributed by atoms with Gasteiger partial charge < -0.3 is 4.74 Å². The van der Waals surface area contributed by atoms with Crippen LogP contribution in [0.2, 0.25) is 0 Å². The van der Waals surface area contributed by atoms with Gasteiger partial charge in [-0.05, 0) is 50.7 Å². The SMILES string of the molecule is O=[N+]([O-])c1cc(Br)cnc1Oc1ccccc1I. The maximum absolute atomic E-state index is 10.9. The number of hydrogen-bond donors (Lipinski definition) is 0.